The van der Waals surface area contributed by atoms with Gasteiger partial charge in [0, 0.05) is 18.8 Å². The molecule has 0 bridgehead atoms. The maximum atomic E-state index is 5.95. The van der Waals surface area contributed by atoms with Crippen molar-refractivity contribution in [1.29, 1.82) is 0 Å². The third-order valence-corrected chi connectivity index (χ3v) is 2.50. The van der Waals surface area contributed by atoms with Crippen molar-refractivity contribution in [3.05, 3.63) is 16.9 Å². The summed E-state index contributed by atoms with van der Waals surface area (Å²) in [7, 11) is 0. The summed E-state index contributed by atoms with van der Waals surface area (Å²) in [6.07, 6.45) is 3.18. The van der Waals surface area contributed by atoms with E-state index < -0.39 is 0 Å². The molecule has 102 valence electrons. The third-order valence-electron chi connectivity index (χ3n) is 2.31. The van der Waals surface area contributed by atoms with Crippen LogP contribution in [-0.2, 0) is 11.2 Å². The summed E-state index contributed by atoms with van der Waals surface area (Å²) < 4.78 is 5.46. The Bertz CT molecular complexity index is 358. The lowest BCUT2D eigenvalue weighted by Crippen LogP contribution is -2.11. The monoisotopic (exact) mass is 271 g/mol. The second-order valence-electron chi connectivity index (χ2n) is 4.46. The Morgan fingerprint density at radius 2 is 2.17 bits per heavy atom. The molecule has 0 unspecified atom stereocenters. The molecule has 0 radical (unpaired) electrons. The van der Waals surface area contributed by atoms with E-state index in [4.69, 9.17) is 16.3 Å². The minimum atomic E-state index is 0.281. The Morgan fingerprint density at radius 1 is 1.39 bits per heavy atom. The SMILES string of the molecule is CCCc1cc(Cl)nc(NCCCOC(C)C)n1. The molecule has 0 aliphatic carbocycles. The number of aryl methyl sites for hydroxylation is 1. The summed E-state index contributed by atoms with van der Waals surface area (Å²) >= 11 is 5.95. The molecule has 0 spiro atoms. The van der Waals surface area contributed by atoms with Gasteiger partial charge in [-0.15, -0.1) is 0 Å². The second-order valence-corrected chi connectivity index (χ2v) is 4.84. The average Bonchev–Trinajstić information content (AvgIpc) is 2.28. The maximum absolute atomic E-state index is 5.95. The Kier molecular flexibility index (Phi) is 6.98. The van der Waals surface area contributed by atoms with Crippen LogP contribution in [0.5, 0.6) is 0 Å². The van der Waals surface area contributed by atoms with Crippen molar-refractivity contribution >= 4 is 17.5 Å². The maximum Gasteiger partial charge on any atom is 0.224 e. The van der Waals surface area contributed by atoms with Crippen LogP contribution in [0.2, 0.25) is 5.15 Å². The van der Waals surface area contributed by atoms with Gasteiger partial charge in [0.1, 0.15) is 5.15 Å². The van der Waals surface area contributed by atoms with E-state index in [-0.39, 0.29) is 6.10 Å². The Hall–Kier alpha value is -0.870. The van der Waals surface area contributed by atoms with E-state index in [0.717, 1.165) is 38.1 Å². The van der Waals surface area contributed by atoms with Crippen LogP contribution in [-0.4, -0.2) is 29.2 Å². The van der Waals surface area contributed by atoms with E-state index in [1.54, 1.807) is 0 Å². The largest absolute Gasteiger partial charge is 0.379 e. The van der Waals surface area contributed by atoms with Crippen molar-refractivity contribution in [2.24, 2.45) is 0 Å². The van der Waals surface area contributed by atoms with E-state index >= 15 is 0 Å². The van der Waals surface area contributed by atoms with Gasteiger partial charge in [-0.05, 0) is 32.8 Å². The van der Waals surface area contributed by atoms with E-state index in [1.165, 1.54) is 0 Å². The first-order valence-corrected chi connectivity index (χ1v) is 6.88. The van der Waals surface area contributed by atoms with Gasteiger partial charge in [0.2, 0.25) is 5.95 Å². The number of hydrogen-bond donors (Lipinski definition) is 1. The number of halogens is 1. The van der Waals surface area contributed by atoms with Crippen LogP contribution in [0.15, 0.2) is 6.07 Å². The number of ether oxygens (including phenoxy) is 1. The van der Waals surface area contributed by atoms with E-state index in [0.29, 0.717) is 11.1 Å². The highest BCUT2D eigenvalue weighted by molar-refractivity contribution is 6.29. The average molecular weight is 272 g/mol. The lowest BCUT2D eigenvalue weighted by atomic mass is 10.2. The Labute approximate surface area is 114 Å². The number of aromatic nitrogens is 2. The van der Waals surface area contributed by atoms with Crippen LogP contribution in [0.1, 0.15) is 39.3 Å². The number of rotatable bonds is 8. The van der Waals surface area contributed by atoms with Gasteiger partial charge in [-0.2, -0.15) is 0 Å². The first-order valence-electron chi connectivity index (χ1n) is 6.50. The van der Waals surface area contributed by atoms with Gasteiger partial charge in [0.15, 0.2) is 0 Å². The summed E-state index contributed by atoms with van der Waals surface area (Å²) in [5.74, 6) is 0.607. The molecular weight excluding hydrogens is 250 g/mol. The molecule has 0 fully saturated rings. The topological polar surface area (TPSA) is 47.0 Å². The van der Waals surface area contributed by atoms with E-state index in [1.807, 2.05) is 19.9 Å². The molecule has 0 atom stereocenters. The molecule has 0 saturated heterocycles. The first kappa shape index (κ1) is 15.2. The van der Waals surface area contributed by atoms with Gasteiger partial charge in [0.25, 0.3) is 0 Å². The van der Waals surface area contributed by atoms with E-state index in [2.05, 4.69) is 22.2 Å². The predicted octanol–water partition coefficient (Wildman–Crippen LogP) is 3.31. The Balaban J connectivity index is 2.37. The Morgan fingerprint density at radius 3 is 2.83 bits per heavy atom. The quantitative estimate of drug-likeness (QED) is 0.582. The van der Waals surface area contributed by atoms with Gasteiger partial charge in [-0.3, -0.25) is 0 Å². The normalized spacial score (nSPS) is 10.9. The number of hydrogen-bond acceptors (Lipinski definition) is 4. The predicted molar refractivity (Wildman–Crippen MR) is 75.2 cm³/mol. The van der Waals surface area contributed by atoms with Crippen LogP contribution >= 0.6 is 11.6 Å². The molecule has 0 amide bonds. The fourth-order valence-corrected chi connectivity index (χ4v) is 1.72. The van der Waals surface area contributed by atoms with Gasteiger partial charge in [-0.25, -0.2) is 9.97 Å². The molecule has 1 aromatic rings. The molecule has 4 nitrogen and oxygen atoms in total. The minimum absolute atomic E-state index is 0.281. The van der Waals surface area contributed by atoms with Crippen LogP contribution in [0.4, 0.5) is 5.95 Å². The van der Waals surface area contributed by atoms with Crippen molar-refractivity contribution in [2.45, 2.75) is 46.1 Å². The molecule has 1 N–H and O–H groups in total. The molecule has 0 aliphatic rings. The minimum Gasteiger partial charge on any atom is -0.379 e. The number of nitrogens with zero attached hydrogens (tertiary/aromatic N) is 2. The van der Waals surface area contributed by atoms with Crippen LogP contribution < -0.4 is 5.32 Å². The number of anilines is 1. The van der Waals surface area contributed by atoms with Crippen molar-refractivity contribution in [1.82, 2.24) is 9.97 Å². The molecule has 5 heteroatoms. The van der Waals surface area contributed by atoms with Gasteiger partial charge >= 0.3 is 0 Å². The molecule has 0 aromatic carbocycles. The molecule has 1 heterocycles. The van der Waals surface area contributed by atoms with Gasteiger partial charge in [-0.1, -0.05) is 24.9 Å². The van der Waals surface area contributed by atoms with Gasteiger partial charge in [0.05, 0.1) is 6.10 Å². The molecule has 18 heavy (non-hydrogen) atoms. The second kappa shape index (κ2) is 8.27. The lowest BCUT2D eigenvalue weighted by molar-refractivity contribution is 0.0787. The van der Waals surface area contributed by atoms with Crippen molar-refractivity contribution < 1.29 is 4.74 Å². The van der Waals surface area contributed by atoms with Crippen LogP contribution in [0.25, 0.3) is 0 Å². The fraction of sp³-hybridized carbons (Fsp3) is 0.692. The first-order chi connectivity index (χ1) is 8.61. The molecular formula is C13H22ClN3O. The summed E-state index contributed by atoms with van der Waals surface area (Å²) in [5.41, 5.74) is 0.985. The van der Waals surface area contributed by atoms with E-state index in [9.17, 15) is 0 Å². The fourth-order valence-electron chi connectivity index (χ4n) is 1.52. The summed E-state index contributed by atoms with van der Waals surface area (Å²) in [6.45, 7) is 7.72. The third kappa shape index (κ3) is 6.17. The highest BCUT2D eigenvalue weighted by Crippen LogP contribution is 2.11. The molecule has 1 rings (SSSR count). The van der Waals surface area contributed by atoms with Crippen molar-refractivity contribution in [2.75, 3.05) is 18.5 Å². The summed E-state index contributed by atoms with van der Waals surface area (Å²) in [6, 6.07) is 1.82. The zero-order valence-electron chi connectivity index (χ0n) is 11.4. The molecule has 1 aromatic heterocycles. The summed E-state index contributed by atoms with van der Waals surface area (Å²) in [4.78, 5) is 8.56. The smallest absolute Gasteiger partial charge is 0.224 e. The van der Waals surface area contributed by atoms with Crippen molar-refractivity contribution in [3.8, 4) is 0 Å². The number of nitrogens with one attached hydrogen (secondary N) is 1. The molecule has 0 aliphatic heterocycles. The van der Waals surface area contributed by atoms with Crippen LogP contribution in [0, 0.1) is 0 Å². The standard InChI is InChI=1S/C13H22ClN3O/c1-4-6-11-9-12(14)17-13(16-11)15-7-5-8-18-10(2)3/h9-10H,4-8H2,1-3H3,(H,15,16,17). The van der Waals surface area contributed by atoms with Gasteiger partial charge < -0.3 is 10.1 Å². The zero-order chi connectivity index (χ0) is 13.4. The summed E-state index contributed by atoms with van der Waals surface area (Å²) in [5, 5.41) is 3.67. The van der Waals surface area contributed by atoms with Crippen LogP contribution in [0.3, 0.4) is 0 Å². The highest BCUT2D eigenvalue weighted by atomic mass is 35.5. The zero-order valence-corrected chi connectivity index (χ0v) is 12.1. The van der Waals surface area contributed by atoms with Crippen molar-refractivity contribution in [3.63, 3.8) is 0 Å². The molecule has 0 saturated carbocycles. The highest BCUT2D eigenvalue weighted by Gasteiger charge is 2.02. The lowest BCUT2D eigenvalue weighted by Gasteiger charge is -2.09.